The molecule has 2 aromatic rings. The highest BCUT2D eigenvalue weighted by Crippen LogP contribution is 2.34. The highest BCUT2D eigenvalue weighted by molar-refractivity contribution is 7.17. The first-order chi connectivity index (χ1) is 9.29. The van der Waals surface area contributed by atoms with E-state index in [1.807, 2.05) is 29.6 Å². The lowest BCUT2D eigenvalue weighted by Crippen LogP contribution is -2.37. The van der Waals surface area contributed by atoms with Gasteiger partial charge in [0, 0.05) is 28.1 Å². The van der Waals surface area contributed by atoms with Crippen LogP contribution in [0.5, 0.6) is 0 Å². The molecule has 4 heteroatoms. The van der Waals surface area contributed by atoms with Crippen LogP contribution >= 0.6 is 11.3 Å². The van der Waals surface area contributed by atoms with Crippen molar-refractivity contribution in [2.45, 2.75) is 25.3 Å². The molecule has 1 aliphatic carbocycles. The Bertz CT molecular complexity index is 589. The Morgan fingerprint density at radius 3 is 2.95 bits per heavy atom. The molecule has 0 aliphatic heterocycles. The van der Waals surface area contributed by atoms with E-state index in [0.717, 1.165) is 28.5 Å². The molecule has 0 bridgehead atoms. The van der Waals surface area contributed by atoms with Crippen molar-refractivity contribution >= 4 is 27.3 Å². The number of nitrogens with one attached hydrogen (secondary N) is 1. The number of amides is 1. The molecule has 1 unspecified atom stereocenters. The fraction of sp³-hybridized carbons (Fsp3) is 0.400. The summed E-state index contributed by atoms with van der Waals surface area (Å²) in [6.45, 7) is 0.131. The Morgan fingerprint density at radius 1 is 1.42 bits per heavy atom. The van der Waals surface area contributed by atoms with Gasteiger partial charge >= 0.3 is 0 Å². The van der Waals surface area contributed by atoms with E-state index in [1.165, 1.54) is 0 Å². The van der Waals surface area contributed by atoms with Gasteiger partial charge in [0.1, 0.15) is 0 Å². The summed E-state index contributed by atoms with van der Waals surface area (Å²) in [7, 11) is 0. The largest absolute Gasteiger partial charge is 0.396 e. The van der Waals surface area contributed by atoms with E-state index in [4.69, 9.17) is 5.11 Å². The number of rotatable bonds is 5. The summed E-state index contributed by atoms with van der Waals surface area (Å²) in [6.07, 6.45) is 2.98. The molecule has 0 spiro atoms. The molecule has 19 heavy (non-hydrogen) atoms. The van der Waals surface area contributed by atoms with Crippen LogP contribution in [-0.2, 0) is 0 Å². The minimum atomic E-state index is -0.0113. The van der Waals surface area contributed by atoms with E-state index in [-0.39, 0.29) is 18.6 Å². The molecule has 100 valence electrons. The number of carbonyl (C=O) groups excluding carboxylic acids is 1. The highest BCUT2D eigenvalue weighted by atomic mass is 32.1. The van der Waals surface area contributed by atoms with Gasteiger partial charge in [-0.05, 0) is 31.2 Å². The number of fused-ring (bicyclic) bond motifs is 1. The van der Waals surface area contributed by atoms with Crippen LogP contribution < -0.4 is 5.32 Å². The standard InChI is InChI=1S/C15H17NO2S/c17-8-7-13(10-5-6-10)16-15(18)12-9-19-14-4-2-1-3-11(12)14/h1-4,9-10,13,17H,5-8H2,(H,16,18). The van der Waals surface area contributed by atoms with Crippen molar-refractivity contribution in [3.8, 4) is 0 Å². The average Bonchev–Trinajstić information content (AvgIpc) is 3.17. The van der Waals surface area contributed by atoms with Gasteiger partial charge < -0.3 is 10.4 Å². The molecule has 1 fully saturated rings. The quantitative estimate of drug-likeness (QED) is 0.881. The molecule has 1 aliphatic rings. The lowest BCUT2D eigenvalue weighted by molar-refractivity contribution is 0.0926. The second kappa shape index (κ2) is 5.31. The van der Waals surface area contributed by atoms with E-state index in [1.54, 1.807) is 11.3 Å². The maximum Gasteiger partial charge on any atom is 0.252 e. The number of thiophene rings is 1. The molecule has 3 rings (SSSR count). The maximum absolute atomic E-state index is 12.4. The number of hydrogen-bond acceptors (Lipinski definition) is 3. The summed E-state index contributed by atoms with van der Waals surface area (Å²) in [4.78, 5) is 12.4. The van der Waals surface area contributed by atoms with E-state index in [0.29, 0.717) is 12.3 Å². The van der Waals surface area contributed by atoms with E-state index >= 15 is 0 Å². The van der Waals surface area contributed by atoms with Crippen LogP contribution in [0.3, 0.4) is 0 Å². The van der Waals surface area contributed by atoms with Crippen LogP contribution in [0.15, 0.2) is 29.6 Å². The van der Waals surface area contributed by atoms with Gasteiger partial charge in [0.05, 0.1) is 5.56 Å². The van der Waals surface area contributed by atoms with Crippen LogP contribution in [0.25, 0.3) is 10.1 Å². The van der Waals surface area contributed by atoms with Crippen molar-refractivity contribution in [2.24, 2.45) is 5.92 Å². The molecule has 0 saturated heterocycles. The van der Waals surface area contributed by atoms with Gasteiger partial charge in [-0.1, -0.05) is 18.2 Å². The third kappa shape index (κ3) is 2.65. The molecular weight excluding hydrogens is 258 g/mol. The third-order valence-corrected chi connectivity index (χ3v) is 4.64. The maximum atomic E-state index is 12.4. The minimum absolute atomic E-state index is 0.0113. The first kappa shape index (κ1) is 12.6. The van der Waals surface area contributed by atoms with Gasteiger partial charge in [0.25, 0.3) is 5.91 Å². The number of carbonyl (C=O) groups is 1. The fourth-order valence-electron chi connectivity index (χ4n) is 2.46. The SMILES string of the molecule is O=C(NC(CCO)C1CC1)c1csc2ccccc12. The summed E-state index contributed by atoms with van der Waals surface area (Å²) in [6, 6.07) is 8.08. The highest BCUT2D eigenvalue weighted by Gasteiger charge is 2.32. The second-order valence-corrected chi connectivity index (χ2v) is 5.99. The summed E-state index contributed by atoms with van der Waals surface area (Å²) < 4.78 is 1.14. The van der Waals surface area contributed by atoms with Crippen molar-refractivity contribution < 1.29 is 9.90 Å². The molecule has 2 N–H and O–H groups in total. The number of aliphatic hydroxyl groups excluding tert-OH is 1. The summed E-state index contributed by atoms with van der Waals surface area (Å²) in [5.41, 5.74) is 0.754. The molecular formula is C15H17NO2S. The second-order valence-electron chi connectivity index (χ2n) is 5.08. The Morgan fingerprint density at radius 2 is 2.21 bits per heavy atom. The number of hydrogen-bond donors (Lipinski definition) is 2. The summed E-state index contributed by atoms with van der Waals surface area (Å²) in [5.74, 6) is 0.545. The van der Waals surface area contributed by atoms with Gasteiger partial charge in [-0.2, -0.15) is 0 Å². The summed E-state index contributed by atoms with van der Waals surface area (Å²) >= 11 is 1.60. The van der Waals surface area contributed by atoms with Crippen molar-refractivity contribution in [1.82, 2.24) is 5.32 Å². The van der Waals surface area contributed by atoms with Crippen LogP contribution in [-0.4, -0.2) is 23.7 Å². The number of benzene rings is 1. The molecule has 3 nitrogen and oxygen atoms in total. The van der Waals surface area contributed by atoms with Crippen molar-refractivity contribution in [1.29, 1.82) is 0 Å². The average molecular weight is 275 g/mol. The first-order valence-corrected chi connectivity index (χ1v) is 7.55. The molecule has 1 aromatic heterocycles. The third-order valence-electron chi connectivity index (χ3n) is 3.67. The van der Waals surface area contributed by atoms with Gasteiger partial charge in [-0.25, -0.2) is 0 Å². The Hall–Kier alpha value is -1.39. The normalized spacial score (nSPS) is 16.5. The molecule has 1 aromatic carbocycles. The smallest absolute Gasteiger partial charge is 0.252 e. The minimum Gasteiger partial charge on any atom is -0.396 e. The fourth-order valence-corrected chi connectivity index (χ4v) is 3.40. The molecule has 1 atom stereocenters. The van der Waals surface area contributed by atoms with Gasteiger partial charge in [0.15, 0.2) is 0 Å². The van der Waals surface area contributed by atoms with E-state index in [9.17, 15) is 4.79 Å². The van der Waals surface area contributed by atoms with Crippen LogP contribution in [0.4, 0.5) is 0 Å². The molecule has 0 radical (unpaired) electrons. The Kier molecular flexibility index (Phi) is 3.53. The van der Waals surface area contributed by atoms with Crippen molar-refractivity contribution in [3.05, 3.63) is 35.2 Å². The van der Waals surface area contributed by atoms with Gasteiger partial charge in [0.2, 0.25) is 0 Å². The lowest BCUT2D eigenvalue weighted by Gasteiger charge is -2.16. The van der Waals surface area contributed by atoms with E-state index in [2.05, 4.69) is 5.32 Å². The molecule has 1 heterocycles. The number of aliphatic hydroxyl groups is 1. The molecule has 1 saturated carbocycles. The lowest BCUT2D eigenvalue weighted by atomic mass is 10.1. The zero-order valence-electron chi connectivity index (χ0n) is 10.6. The zero-order chi connectivity index (χ0) is 13.2. The van der Waals surface area contributed by atoms with E-state index < -0.39 is 0 Å². The predicted molar refractivity (Wildman–Crippen MR) is 77.5 cm³/mol. The predicted octanol–water partition coefficient (Wildman–Crippen LogP) is 2.79. The zero-order valence-corrected chi connectivity index (χ0v) is 11.5. The Labute approximate surface area is 116 Å². The topological polar surface area (TPSA) is 49.3 Å². The van der Waals surface area contributed by atoms with Crippen LogP contribution in [0.2, 0.25) is 0 Å². The monoisotopic (exact) mass is 275 g/mol. The van der Waals surface area contributed by atoms with Gasteiger partial charge in [-0.3, -0.25) is 4.79 Å². The van der Waals surface area contributed by atoms with Crippen molar-refractivity contribution in [3.63, 3.8) is 0 Å². The first-order valence-electron chi connectivity index (χ1n) is 6.67. The van der Waals surface area contributed by atoms with Gasteiger partial charge in [-0.15, -0.1) is 11.3 Å². The van der Waals surface area contributed by atoms with Crippen LogP contribution in [0, 0.1) is 5.92 Å². The Balaban J connectivity index is 1.79. The summed E-state index contributed by atoms with van der Waals surface area (Å²) in [5, 5.41) is 15.1. The van der Waals surface area contributed by atoms with Crippen LogP contribution in [0.1, 0.15) is 29.6 Å². The van der Waals surface area contributed by atoms with Crippen molar-refractivity contribution in [2.75, 3.05) is 6.61 Å². The molecule has 1 amide bonds.